The summed E-state index contributed by atoms with van der Waals surface area (Å²) in [7, 11) is 0. The summed E-state index contributed by atoms with van der Waals surface area (Å²) < 4.78 is 72.1. The first kappa shape index (κ1) is 44.8. The van der Waals surface area contributed by atoms with E-state index in [1.807, 2.05) is 0 Å². The number of alkyl halides is 3. The molecule has 0 aromatic heterocycles. The zero-order chi connectivity index (χ0) is 40.8. The zero-order valence-electron chi connectivity index (χ0n) is 31.3. The number of amidine groups is 1. The van der Waals surface area contributed by atoms with Crippen LogP contribution in [0.5, 0.6) is 0 Å². The standard InChI is InChI=1S/C38H54F4N6O8/c1-2-3-4-5-6-7-8-9-13-29(51)47-30-27(19-49)54-21-26(46-37(44)45-25-12-10-11-23(18-25)38(40,41)42)34(30)56-36-31(33(53)32(52)28(20-50)55-36)48-35(43)22-14-16-24(39)17-15-22/h10-12,14-18,26-28,30-34,36,49-50,52-53H,2-9,13,19-21H2,1H3,(H2,43,48)(H,47,51)(H3,44,45,46)/t26-,27+,28+,30-,31+,32+,33+,34+,36-/m0/s1. The van der Waals surface area contributed by atoms with Gasteiger partial charge in [0, 0.05) is 17.7 Å². The van der Waals surface area contributed by atoms with E-state index in [0.717, 1.165) is 62.8 Å². The predicted molar refractivity (Wildman–Crippen MR) is 200 cm³/mol. The molecule has 14 nitrogen and oxygen atoms in total. The van der Waals surface area contributed by atoms with E-state index in [1.165, 1.54) is 30.7 Å². The van der Waals surface area contributed by atoms with E-state index in [4.69, 9.17) is 25.7 Å². The SMILES string of the molecule is CCCCCCCCCCC(=O)N[C@@H]1[C@H](O[C@@H]2O[C@H](CO)[C@@H](O)[C@H](O)[C@H]2N=C(N)c2ccc(F)cc2)[C@@H](N=C(N)Nc2cccc(C(F)(F)F)c2)CO[C@@H]1CO. The Morgan fingerprint density at radius 3 is 2.23 bits per heavy atom. The molecule has 0 radical (unpaired) electrons. The quantitative estimate of drug-likeness (QED) is 0.0474. The van der Waals surface area contributed by atoms with Crippen LogP contribution in [0.4, 0.5) is 23.2 Å². The van der Waals surface area contributed by atoms with Gasteiger partial charge in [-0.1, -0.05) is 57.9 Å². The van der Waals surface area contributed by atoms with Crippen LogP contribution >= 0.6 is 0 Å². The van der Waals surface area contributed by atoms with Gasteiger partial charge in [0.15, 0.2) is 12.2 Å². The molecule has 4 rings (SSSR count). The fraction of sp³-hybridized carbons (Fsp3) is 0.605. The van der Waals surface area contributed by atoms with E-state index in [2.05, 4.69) is 27.5 Å². The number of aliphatic imine (C=N–C) groups is 2. The third-order valence-corrected chi connectivity index (χ3v) is 9.71. The van der Waals surface area contributed by atoms with Crippen LogP contribution in [0.25, 0.3) is 0 Å². The normalized spacial score (nSPS) is 27.6. The second kappa shape index (κ2) is 21.6. The summed E-state index contributed by atoms with van der Waals surface area (Å²) in [5.74, 6) is -1.45. The fourth-order valence-electron chi connectivity index (χ4n) is 6.64. The number of rotatable bonds is 18. The maximum absolute atomic E-state index is 13.6. The van der Waals surface area contributed by atoms with Crippen molar-refractivity contribution in [2.75, 3.05) is 25.1 Å². The molecule has 56 heavy (non-hydrogen) atoms. The van der Waals surface area contributed by atoms with Gasteiger partial charge in [-0.25, -0.2) is 9.38 Å². The predicted octanol–water partition coefficient (Wildman–Crippen LogP) is 2.94. The fourth-order valence-corrected chi connectivity index (χ4v) is 6.64. The monoisotopic (exact) mass is 798 g/mol. The molecule has 0 saturated carbocycles. The van der Waals surface area contributed by atoms with Crippen molar-refractivity contribution >= 4 is 23.4 Å². The largest absolute Gasteiger partial charge is 0.416 e. The van der Waals surface area contributed by atoms with Crippen LogP contribution in [-0.4, -0.2) is 113 Å². The van der Waals surface area contributed by atoms with Gasteiger partial charge in [0.05, 0.1) is 31.4 Å². The average molecular weight is 799 g/mol. The van der Waals surface area contributed by atoms with Crippen molar-refractivity contribution < 1.29 is 57.0 Å². The third-order valence-electron chi connectivity index (χ3n) is 9.71. The lowest BCUT2D eigenvalue weighted by Gasteiger charge is -2.46. The van der Waals surface area contributed by atoms with Crippen molar-refractivity contribution in [3.05, 3.63) is 65.5 Å². The van der Waals surface area contributed by atoms with Crippen molar-refractivity contribution in [2.45, 2.75) is 126 Å². The molecule has 2 aromatic carbocycles. The highest BCUT2D eigenvalue weighted by Gasteiger charge is 2.50. The molecule has 2 saturated heterocycles. The minimum Gasteiger partial charge on any atom is -0.394 e. The molecule has 2 aliphatic heterocycles. The number of aliphatic hydroxyl groups is 4. The topological polar surface area (TPSA) is 226 Å². The van der Waals surface area contributed by atoms with E-state index in [1.54, 1.807) is 0 Å². The lowest BCUT2D eigenvalue weighted by atomic mass is 9.93. The number of hydrogen-bond acceptors (Lipinski definition) is 10. The van der Waals surface area contributed by atoms with Crippen LogP contribution in [0.15, 0.2) is 58.5 Å². The summed E-state index contributed by atoms with van der Waals surface area (Å²) in [6.07, 6.45) is -5.10. The molecule has 2 aromatic rings. The molecule has 0 unspecified atom stereocenters. The minimum absolute atomic E-state index is 0.0251. The van der Waals surface area contributed by atoms with Gasteiger partial charge in [0.1, 0.15) is 54.3 Å². The molecule has 2 heterocycles. The molecule has 312 valence electrons. The summed E-state index contributed by atoms with van der Waals surface area (Å²) in [4.78, 5) is 22.2. The van der Waals surface area contributed by atoms with E-state index in [9.17, 15) is 42.8 Å². The summed E-state index contributed by atoms with van der Waals surface area (Å²) >= 11 is 0. The second-order valence-electron chi connectivity index (χ2n) is 14.0. The van der Waals surface area contributed by atoms with Crippen LogP contribution in [0, 0.1) is 5.82 Å². The molecule has 1 amide bonds. The van der Waals surface area contributed by atoms with Crippen LogP contribution in [-0.2, 0) is 25.2 Å². The van der Waals surface area contributed by atoms with E-state index in [0.29, 0.717) is 6.42 Å². The lowest BCUT2D eigenvalue weighted by molar-refractivity contribution is -0.289. The Balaban J connectivity index is 1.64. The van der Waals surface area contributed by atoms with E-state index in [-0.39, 0.29) is 42.0 Å². The maximum atomic E-state index is 13.6. The lowest BCUT2D eigenvalue weighted by Crippen LogP contribution is -2.65. The van der Waals surface area contributed by atoms with Crippen molar-refractivity contribution in [1.82, 2.24) is 5.32 Å². The summed E-state index contributed by atoms with van der Waals surface area (Å²) in [5, 5.41) is 47.9. The maximum Gasteiger partial charge on any atom is 0.416 e. The van der Waals surface area contributed by atoms with Crippen LogP contribution in [0.1, 0.15) is 75.8 Å². The smallest absolute Gasteiger partial charge is 0.394 e. The number of anilines is 1. The first-order valence-electron chi connectivity index (χ1n) is 18.9. The number of hydrogen-bond donors (Lipinski definition) is 8. The first-order valence-corrected chi connectivity index (χ1v) is 18.9. The molecule has 2 aliphatic rings. The molecule has 9 atom stereocenters. The number of benzene rings is 2. The highest BCUT2D eigenvalue weighted by atomic mass is 19.4. The number of unbranched alkanes of at least 4 members (excludes halogenated alkanes) is 7. The van der Waals surface area contributed by atoms with E-state index < -0.39 is 85.7 Å². The van der Waals surface area contributed by atoms with Crippen LogP contribution in [0.2, 0.25) is 0 Å². The Labute approximate surface area is 323 Å². The van der Waals surface area contributed by atoms with Gasteiger partial charge in [0.25, 0.3) is 0 Å². The summed E-state index contributed by atoms with van der Waals surface area (Å²) in [5.41, 5.74) is 11.7. The Morgan fingerprint density at radius 1 is 0.929 bits per heavy atom. The number of amides is 1. The molecular formula is C38H54F4N6O8. The highest BCUT2D eigenvalue weighted by Crippen LogP contribution is 2.32. The van der Waals surface area contributed by atoms with Gasteiger partial charge >= 0.3 is 6.18 Å². The molecular weight excluding hydrogens is 744 g/mol. The van der Waals surface area contributed by atoms with Crippen molar-refractivity contribution in [3.63, 3.8) is 0 Å². The Bertz CT molecular complexity index is 1590. The van der Waals surface area contributed by atoms with Gasteiger partial charge < -0.3 is 56.7 Å². The summed E-state index contributed by atoms with van der Waals surface area (Å²) in [6, 6.07) is 5.54. The minimum atomic E-state index is -4.62. The van der Waals surface area contributed by atoms with Crippen molar-refractivity contribution in [1.29, 1.82) is 0 Å². The van der Waals surface area contributed by atoms with Crippen LogP contribution < -0.4 is 22.1 Å². The first-order chi connectivity index (χ1) is 26.7. The van der Waals surface area contributed by atoms with Crippen molar-refractivity contribution in [3.8, 4) is 0 Å². The number of halogens is 4. The molecule has 18 heteroatoms. The highest BCUT2D eigenvalue weighted by molar-refractivity contribution is 5.97. The van der Waals surface area contributed by atoms with Crippen molar-refractivity contribution in [2.24, 2.45) is 21.5 Å². The number of aliphatic hydroxyl groups excluding tert-OH is 4. The van der Waals surface area contributed by atoms with E-state index >= 15 is 0 Å². The Kier molecular flexibility index (Phi) is 17.3. The second-order valence-corrected chi connectivity index (χ2v) is 14.0. The molecule has 10 N–H and O–H groups in total. The number of nitrogens with two attached hydrogens (primary N) is 2. The third kappa shape index (κ3) is 12.8. The number of carbonyl (C=O) groups excluding carboxylic acids is 1. The number of carbonyl (C=O) groups is 1. The number of ether oxygens (including phenoxy) is 3. The number of nitrogens with zero attached hydrogens (tertiary/aromatic N) is 2. The van der Waals surface area contributed by atoms with Gasteiger partial charge in [-0.3, -0.25) is 9.79 Å². The van der Waals surface area contributed by atoms with Crippen LogP contribution in [0.3, 0.4) is 0 Å². The molecule has 0 spiro atoms. The van der Waals surface area contributed by atoms with Gasteiger partial charge in [-0.2, -0.15) is 13.2 Å². The molecule has 0 aliphatic carbocycles. The molecule has 0 bridgehead atoms. The average Bonchev–Trinajstić information content (AvgIpc) is 3.16. The van der Waals surface area contributed by atoms with Gasteiger partial charge in [0.2, 0.25) is 5.91 Å². The number of guanidine groups is 1. The Morgan fingerprint density at radius 2 is 1.59 bits per heavy atom. The van der Waals surface area contributed by atoms with Gasteiger partial charge in [-0.15, -0.1) is 0 Å². The zero-order valence-corrected chi connectivity index (χ0v) is 31.3. The Hall–Kier alpha value is -3.91. The molecule has 2 fully saturated rings. The van der Waals surface area contributed by atoms with Gasteiger partial charge in [-0.05, 0) is 48.9 Å². The number of nitrogens with one attached hydrogen (secondary N) is 2. The summed E-state index contributed by atoms with van der Waals surface area (Å²) in [6.45, 7) is 0.553.